The molecule has 0 aromatic heterocycles. The van der Waals surface area contributed by atoms with Crippen LogP contribution in [0.3, 0.4) is 0 Å². The van der Waals surface area contributed by atoms with Crippen LogP contribution in [0.15, 0.2) is 11.6 Å². The molecule has 0 aliphatic rings. The average Bonchev–Trinajstić information content (AvgIpc) is 2.96. The Bertz CT molecular complexity index is 493. The van der Waals surface area contributed by atoms with Crippen molar-refractivity contribution >= 4 is 0 Å². The molecule has 0 aromatic rings. The molecule has 0 amide bonds. The highest BCUT2D eigenvalue weighted by molar-refractivity contribution is 5.07. The summed E-state index contributed by atoms with van der Waals surface area (Å²) in [6, 6.07) is 0. The van der Waals surface area contributed by atoms with Gasteiger partial charge in [0, 0.05) is 0 Å². The van der Waals surface area contributed by atoms with E-state index in [0.717, 1.165) is 25.2 Å². The molecule has 0 aliphatic carbocycles. The van der Waals surface area contributed by atoms with E-state index in [1.54, 1.807) is 5.57 Å². The summed E-state index contributed by atoms with van der Waals surface area (Å²) in [6.07, 6.45) is 40.9. The van der Waals surface area contributed by atoms with Gasteiger partial charge in [0.1, 0.15) is 0 Å². The van der Waals surface area contributed by atoms with Crippen molar-refractivity contribution in [3.05, 3.63) is 11.6 Å². The number of hydrogen-bond donors (Lipinski definition) is 2. The first-order valence-corrected chi connectivity index (χ1v) is 18.0. The lowest BCUT2D eigenvalue weighted by Crippen LogP contribution is -2.06. The van der Waals surface area contributed by atoms with E-state index in [1.165, 1.54) is 167 Å². The van der Waals surface area contributed by atoms with Crippen molar-refractivity contribution in [2.24, 2.45) is 5.92 Å². The molecule has 0 aliphatic heterocycles. The lowest BCUT2D eigenvalue weighted by Gasteiger charge is -2.22. The first-order valence-electron chi connectivity index (χ1n) is 18.0. The fraction of sp³-hybridized carbons (Fsp3) is 0.944. The van der Waals surface area contributed by atoms with Crippen molar-refractivity contribution in [1.29, 1.82) is 0 Å². The quantitative estimate of drug-likeness (QED) is 0.0351. The maximum atomic E-state index is 8.51. The molecule has 0 bridgehead atoms. The fourth-order valence-electron chi connectivity index (χ4n) is 6.02. The van der Waals surface area contributed by atoms with Gasteiger partial charge in [0.2, 0.25) is 0 Å². The third kappa shape index (κ3) is 29.1. The highest BCUT2D eigenvalue weighted by Crippen LogP contribution is 2.30. The SMILES string of the molecule is CCCCCCCC/C=C(\CCCCCCCCOO)C(CCCCCCCCC)CCCCCCCCOO. The third-order valence-electron chi connectivity index (χ3n) is 8.63. The standard InChI is InChI=1S/C36H72O4/c1-3-5-7-9-11-17-23-29-35(31-25-19-13-15-21-27-33-39-37)36(30-24-18-12-10-8-6-4-2)32-26-20-14-16-22-28-34-40-38/h29,36-38H,3-28,30-34H2,1-2H3/b35-29+. The van der Waals surface area contributed by atoms with Crippen LogP contribution in [0, 0.1) is 5.92 Å². The van der Waals surface area contributed by atoms with E-state index in [1.807, 2.05) is 0 Å². The van der Waals surface area contributed by atoms with E-state index in [9.17, 15) is 0 Å². The van der Waals surface area contributed by atoms with Crippen LogP contribution in [0.5, 0.6) is 0 Å². The van der Waals surface area contributed by atoms with Crippen LogP contribution in [0.1, 0.15) is 200 Å². The van der Waals surface area contributed by atoms with Crippen LogP contribution in [-0.4, -0.2) is 23.7 Å². The van der Waals surface area contributed by atoms with E-state index in [-0.39, 0.29) is 0 Å². The van der Waals surface area contributed by atoms with Crippen LogP contribution >= 0.6 is 0 Å². The predicted molar refractivity (Wildman–Crippen MR) is 174 cm³/mol. The molecule has 4 heteroatoms. The molecular formula is C36H72O4. The van der Waals surface area contributed by atoms with E-state index in [2.05, 4.69) is 29.7 Å². The van der Waals surface area contributed by atoms with Crippen LogP contribution < -0.4 is 0 Å². The molecule has 0 spiro atoms. The normalized spacial score (nSPS) is 12.8. The summed E-state index contributed by atoms with van der Waals surface area (Å²) in [6.45, 7) is 5.56. The Morgan fingerprint density at radius 1 is 0.475 bits per heavy atom. The van der Waals surface area contributed by atoms with Gasteiger partial charge in [-0.3, -0.25) is 10.5 Å². The maximum absolute atomic E-state index is 8.51. The molecule has 240 valence electrons. The Balaban J connectivity index is 4.83. The number of rotatable bonds is 34. The number of unbranched alkanes of at least 4 members (excludes halogenated alkanes) is 22. The van der Waals surface area contributed by atoms with Gasteiger partial charge in [-0.2, -0.15) is 0 Å². The second kappa shape index (κ2) is 34.8. The first kappa shape index (κ1) is 39.6. The van der Waals surface area contributed by atoms with E-state index < -0.39 is 0 Å². The lowest BCUT2D eigenvalue weighted by atomic mass is 9.84. The first-order chi connectivity index (χ1) is 19.8. The molecule has 1 atom stereocenters. The van der Waals surface area contributed by atoms with Gasteiger partial charge in [0.05, 0.1) is 13.2 Å². The van der Waals surface area contributed by atoms with Crippen molar-refractivity contribution in [3.63, 3.8) is 0 Å². The molecule has 0 radical (unpaired) electrons. The van der Waals surface area contributed by atoms with E-state index in [4.69, 9.17) is 10.5 Å². The zero-order valence-electron chi connectivity index (χ0n) is 27.3. The summed E-state index contributed by atoms with van der Waals surface area (Å²) in [5, 5.41) is 17.0. The fourth-order valence-corrected chi connectivity index (χ4v) is 6.02. The van der Waals surface area contributed by atoms with Crippen molar-refractivity contribution in [1.82, 2.24) is 0 Å². The maximum Gasteiger partial charge on any atom is 0.0819 e. The van der Waals surface area contributed by atoms with Crippen molar-refractivity contribution in [2.45, 2.75) is 200 Å². The minimum absolute atomic E-state index is 0.475. The zero-order chi connectivity index (χ0) is 29.2. The molecule has 0 fully saturated rings. The van der Waals surface area contributed by atoms with Crippen LogP contribution in [0.25, 0.3) is 0 Å². The number of allylic oxidation sites excluding steroid dienone is 2. The highest BCUT2D eigenvalue weighted by Gasteiger charge is 2.14. The van der Waals surface area contributed by atoms with Gasteiger partial charge in [0.15, 0.2) is 0 Å². The second-order valence-corrected chi connectivity index (χ2v) is 12.4. The molecule has 40 heavy (non-hydrogen) atoms. The largest absolute Gasteiger partial charge is 0.252 e. The topological polar surface area (TPSA) is 58.9 Å². The summed E-state index contributed by atoms with van der Waals surface area (Å²) in [5.41, 5.74) is 1.80. The van der Waals surface area contributed by atoms with Gasteiger partial charge < -0.3 is 0 Å². The van der Waals surface area contributed by atoms with Crippen molar-refractivity contribution in [3.8, 4) is 0 Å². The molecular weight excluding hydrogens is 496 g/mol. The highest BCUT2D eigenvalue weighted by atomic mass is 17.1. The summed E-state index contributed by atoms with van der Waals surface area (Å²) < 4.78 is 0. The van der Waals surface area contributed by atoms with Crippen molar-refractivity contribution < 1.29 is 20.3 Å². The van der Waals surface area contributed by atoms with Gasteiger partial charge in [0.25, 0.3) is 0 Å². The van der Waals surface area contributed by atoms with Gasteiger partial charge in [-0.25, -0.2) is 9.78 Å². The second-order valence-electron chi connectivity index (χ2n) is 12.4. The van der Waals surface area contributed by atoms with Crippen LogP contribution in [-0.2, 0) is 9.78 Å². The summed E-state index contributed by atoms with van der Waals surface area (Å²) in [4.78, 5) is 8.43. The Labute approximate surface area is 250 Å². The third-order valence-corrected chi connectivity index (χ3v) is 8.63. The minimum atomic E-state index is 0.475. The van der Waals surface area contributed by atoms with Crippen LogP contribution in [0.4, 0.5) is 0 Å². The molecule has 2 N–H and O–H groups in total. The van der Waals surface area contributed by atoms with Crippen LogP contribution in [0.2, 0.25) is 0 Å². The summed E-state index contributed by atoms with van der Waals surface area (Å²) in [5.74, 6) is 0.792. The van der Waals surface area contributed by atoms with Gasteiger partial charge in [-0.05, 0) is 57.3 Å². The minimum Gasteiger partial charge on any atom is -0.252 e. The Kier molecular flexibility index (Phi) is 34.4. The molecule has 0 aromatic carbocycles. The van der Waals surface area contributed by atoms with E-state index >= 15 is 0 Å². The molecule has 0 saturated carbocycles. The van der Waals surface area contributed by atoms with Gasteiger partial charge in [-0.1, -0.05) is 160 Å². The predicted octanol–water partition coefficient (Wildman–Crippen LogP) is 12.9. The molecule has 1 unspecified atom stereocenters. The summed E-state index contributed by atoms with van der Waals surface area (Å²) in [7, 11) is 0. The van der Waals surface area contributed by atoms with E-state index in [0.29, 0.717) is 13.2 Å². The molecule has 0 saturated heterocycles. The Morgan fingerprint density at radius 3 is 1.30 bits per heavy atom. The van der Waals surface area contributed by atoms with Gasteiger partial charge >= 0.3 is 0 Å². The monoisotopic (exact) mass is 569 g/mol. The van der Waals surface area contributed by atoms with Gasteiger partial charge in [-0.15, -0.1) is 0 Å². The zero-order valence-corrected chi connectivity index (χ0v) is 27.3. The molecule has 4 nitrogen and oxygen atoms in total. The average molecular weight is 569 g/mol. The molecule has 0 rings (SSSR count). The Morgan fingerprint density at radius 2 is 0.850 bits per heavy atom. The molecule has 0 heterocycles. The smallest absolute Gasteiger partial charge is 0.0819 e. The number of hydrogen-bond acceptors (Lipinski definition) is 4. The Hall–Kier alpha value is -0.420. The van der Waals surface area contributed by atoms with Crippen molar-refractivity contribution in [2.75, 3.05) is 13.2 Å². The summed E-state index contributed by atoms with van der Waals surface area (Å²) >= 11 is 0. The lowest BCUT2D eigenvalue weighted by molar-refractivity contribution is -0.242.